The van der Waals surface area contributed by atoms with Crippen molar-refractivity contribution in [1.29, 1.82) is 0 Å². The van der Waals surface area contributed by atoms with Crippen molar-refractivity contribution >= 4 is 26.3 Å². The number of nitrogens with zero attached hydrogens (tertiary/aromatic N) is 4. The third kappa shape index (κ3) is 3.10. The van der Waals surface area contributed by atoms with Gasteiger partial charge in [0.15, 0.2) is 15.7 Å². The molecular formula is C27H21N5O2S. The van der Waals surface area contributed by atoms with Crippen molar-refractivity contribution in [3.05, 3.63) is 101 Å². The molecular weight excluding hydrogens is 458 g/mol. The number of rotatable bonds is 1. The molecule has 0 aliphatic carbocycles. The van der Waals surface area contributed by atoms with Gasteiger partial charge in [-0.05, 0) is 35.3 Å². The van der Waals surface area contributed by atoms with E-state index >= 15 is 0 Å². The zero-order chi connectivity index (χ0) is 23.6. The fraction of sp³-hybridized carbons (Fsp3) is 0.148. The van der Waals surface area contributed by atoms with Crippen LogP contribution in [0.25, 0.3) is 27.9 Å². The Morgan fingerprint density at radius 2 is 1.71 bits per heavy atom. The van der Waals surface area contributed by atoms with E-state index in [-0.39, 0.29) is 5.75 Å². The van der Waals surface area contributed by atoms with Crippen molar-refractivity contribution in [3.63, 3.8) is 0 Å². The SMILES string of the molecule is O=S1(=O)Cc2ccccc2/C(=C2/CCn3c(nnc3-c3cncc4[nH]ccc34)C2)c2ccccc21. The summed E-state index contributed by atoms with van der Waals surface area (Å²) in [5, 5.41) is 10.2. The van der Waals surface area contributed by atoms with Crippen LogP contribution in [-0.4, -0.2) is 33.2 Å². The van der Waals surface area contributed by atoms with Gasteiger partial charge in [-0.2, -0.15) is 0 Å². The summed E-state index contributed by atoms with van der Waals surface area (Å²) in [5.74, 6) is 1.69. The molecule has 0 saturated heterocycles. The summed E-state index contributed by atoms with van der Waals surface area (Å²) in [7, 11) is -3.45. The predicted molar refractivity (Wildman–Crippen MR) is 133 cm³/mol. The molecule has 0 radical (unpaired) electrons. The van der Waals surface area contributed by atoms with Gasteiger partial charge in [-0.25, -0.2) is 8.42 Å². The molecule has 2 aliphatic heterocycles. The van der Waals surface area contributed by atoms with Crippen molar-refractivity contribution < 1.29 is 8.42 Å². The molecule has 0 spiro atoms. The lowest BCUT2D eigenvalue weighted by atomic mass is 9.87. The van der Waals surface area contributed by atoms with Gasteiger partial charge >= 0.3 is 0 Å². The average molecular weight is 480 g/mol. The molecule has 0 amide bonds. The fourth-order valence-electron chi connectivity index (χ4n) is 5.44. The molecule has 0 fully saturated rings. The molecule has 0 saturated carbocycles. The number of nitrogens with one attached hydrogen (secondary N) is 1. The van der Waals surface area contributed by atoms with Gasteiger partial charge in [0.05, 0.1) is 22.4 Å². The highest BCUT2D eigenvalue weighted by molar-refractivity contribution is 7.90. The molecule has 1 N–H and O–H groups in total. The molecule has 0 atom stereocenters. The fourth-order valence-corrected chi connectivity index (χ4v) is 7.05. The Kier molecular flexibility index (Phi) is 4.35. The highest BCUT2D eigenvalue weighted by Gasteiger charge is 2.31. The molecule has 0 unspecified atom stereocenters. The molecule has 7 rings (SSSR count). The van der Waals surface area contributed by atoms with Crippen molar-refractivity contribution in [1.82, 2.24) is 24.7 Å². The number of hydrogen-bond donors (Lipinski definition) is 1. The van der Waals surface area contributed by atoms with Gasteiger partial charge < -0.3 is 9.55 Å². The van der Waals surface area contributed by atoms with Crippen LogP contribution in [0.1, 0.15) is 28.9 Å². The number of pyridine rings is 1. The van der Waals surface area contributed by atoms with Crippen LogP contribution in [0.5, 0.6) is 0 Å². The maximum atomic E-state index is 13.3. The highest BCUT2D eigenvalue weighted by Crippen LogP contribution is 2.41. The first-order chi connectivity index (χ1) is 17.1. The van der Waals surface area contributed by atoms with Gasteiger partial charge in [0.25, 0.3) is 0 Å². The summed E-state index contributed by atoms with van der Waals surface area (Å²) in [4.78, 5) is 7.98. The molecule has 7 nitrogen and oxygen atoms in total. The van der Waals surface area contributed by atoms with Crippen LogP contribution in [0, 0.1) is 0 Å². The van der Waals surface area contributed by atoms with E-state index in [1.807, 2.05) is 61.1 Å². The van der Waals surface area contributed by atoms with E-state index in [9.17, 15) is 8.42 Å². The largest absolute Gasteiger partial charge is 0.360 e. The minimum atomic E-state index is -3.45. The molecule has 0 bridgehead atoms. The van der Waals surface area contributed by atoms with Crippen LogP contribution >= 0.6 is 0 Å². The van der Waals surface area contributed by atoms with Gasteiger partial charge in [0.1, 0.15) is 5.82 Å². The maximum Gasteiger partial charge on any atom is 0.183 e. The summed E-state index contributed by atoms with van der Waals surface area (Å²) >= 11 is 0. The summed E-state index contributed by atoms with van der Waals surface area (Å²) in [6.07, 6.45) is 6.95. The highest BCUT2D eigenvalue weighted by atomic mass is 32.2. The Balaban J connectivity index is 1.41. The Hall–Kier alpha value is -4.04. The standard InChI is InChI=1S/C27H21N5O2S/c33-35(34)16-18-5-1-2-6-19(18)26(21-7-3-4-8-24(21)35)17-10-12-32-25(13-17)30-31-27(32)22-14-28-15-23-20(22)9-11-29-23/h1-9,11,14-15,29H,10,12-13,16H2/b26-17+. The second kappa shape index (κ2) is 7.48. The average Bonchev–Trinajstić information content (AvgIpc) is 3.50. The maximum absolute atomic E-state index is 13.3. The molecule has 172 valence electrons. The first-order valence-electron chi connectivity index (χ1n) is 11.6. The zero-order valence-corrected chi connectivity index (χ0v) is 19.6. The molecule has 8 heteroatoms. The monoisotopic (exact) mass is 479 g/mol. The van der Waals surface area contributed by atoms with E-state index in [0.29, 0.717) is 17.9 Å². The van der Waals surface area contributed by atoms with Crippen LogP contribution in [0.3, 0.4) is 0 Å². The Labute approximate surface area is 202 Å². The lowest BCUT2D eigenvalue weighted by molar-refractivity contribution is 0.595. The summed E-state index contributed by atoms with van der Waals surface area (Å²) in [6.45, 7) is 0.717. The number of hydrogen-bond acceptors (Lipinski definition) is 5. The van der Waals surface area contributed by atoms with Crippen LogP contribution in [0.2, 0.25) is 0 Å². The van der Waals surface area contributed by atoms with E-state index in [2.05, 4.69) is 24.7 Å². The van der Waals surface area contributed by atoms with Crippen LogP contribution in [-0.2, 0) is 28.6 Å². The summed E-state index contributed by atoms with van der Waals surface area (Å²) < 4.78 is 28.7. The predicted octanol–water partition coefficient (Wildman–Crippen LogP) is 4.56. The summed E-state index contributed by atoms with van der Waals surface area (Å²) in [5.41, 5.74) is 6.73. The molecule has 5 aromatic rings. The van der Waals surface area contributed by atoms with E-state index in [1.165, 1.54) is 5.57 Å². The van der Waals surface area contributed by atoms with Gasteiger partial charge in [0.2, 0.25) is 0 Å². The van der Waals surface area contributed by atoms with Gasteiger partial charge in [-0.3, -0.25) is 4.98 Å². The van der Waals surface area contributed by atoms with Gasteiger partial charge in [0, 0.05) is 41.9 Å². The summed E-state index contributed by atoms with van der Waals surface area (Å²) in [6, 6.07) is 17.3. The normalized spacial score (nSPS) is 18.5. The van der Waals surface area contributed by atoms with E-state index in [1.54, 1.807) is 12.1 Å². The third-order valence-electron chi connectivity index (χ3n) is 7.03. The Morgan fingerprint density at radius 1 is 0.886 bits per heavy atom. The number of sulfone groups is 1. The first kappa shape index (κ1) is 20.3. The topological polar surface area (TPSA) is 93.5 Å². The second-order valence-electron chi connectivity index (χ2n) is 9.04. The minimum absolute atomic E-state index is 0.00493. The number of H-pyrrole nitrogens is 1. The Morgan fingerprint density at radius 3 is 2.63 bits per heavy atom. The lowest BCUT2D eigenvalue weighted by Crippen LogP contribution is -2.16. The number of benzene rings is 2. The third-order valence-corrected chi connectivity index (χ3v) is 8.75. The van der Waals surface area contributed by atoms with Crippen molar-refractivity contribution in [2.24, 2.45) is 0 Å². The van der Waals surface area contributed by atoms with E-state index < -0.39 is 9.84 Å². The van der Waals surface area contributed by atoms with Crippen LogP contribution in [0.4, 0.5) is 0 Å². The minimum Gasteiger partial charge on any atom is -0.360 e. The number of aromatic amines is 1. The van der Waals surface area contributed by atoms with E-state index in [0.717, 1.165) is 56.8 Å². The smallest absolute Gasteiger partial charge is 0.183 e. The number of aromatic nitrogens is 5. The quantitative estimate of drug-likeness (QED) is 0.381. The number of fused-ring (bicyclic) bond motifs is 4. The number of allylic oxidation sites excluding steroid dienone is 1. The molecule has 3 aromatic heterocycles. The molecule has 2 aliphatic rings. The zero-order valence-electron chi connectivity index (χ0n) is 18.8. The van der Waals surface area contributed by atoms with Gasteiger partial charge in [-0.1, -0.05) is 48.0 Å². The van der Waals surface area contributed by atoms with E-state index in [4.69, 9.17) is 0 Å². The lowest BCUT2D eigenvalue weighted by Gasteiger charge is -2.23. The van der Waals surface area contributed by atoms with Crippen LogP contribution in [0.15, 0.2) is 83.7 Å². The molecule has 2 aromatic carbocycles. The first-order valence-corrected chi connectivity index (χ1v) is 13.2. The van der Waals surface area contributed by atoms with Crippen molar-refractivity contribution in [2.75, 3.05) is 0 Å². The molecule has 5 heterocycles. The van der Waals surface area contributed by atoms with Crippen LogP contribution < -0.4 is 0 Å². The second-order valence-corrected chi connectivity index (χ2v) is 11.0. The van der Waals surface area contributed by atoms with Crippen molar-refractivity contribution in [2.45, 2.75) is 30.0 Å². The molecule has 35 heavy (non-hydrogen) atoms. The van der Waals surface area contributed by atoms with Crippen molar-refractivity contribution in [3.8, 4) is 11.4 Å². The Bertz CT molecular complexity index is 1780. The van der Waals surface area contributed by atoms with Gasteiger partial charge in [-0.15, -0.1) is 10.2 Å².